The smallest absolute Gasteiger partial charge is 0.123 e. The summed E-state index contributed by atoms with van der Waals surface area (Å²) in [5, 5.41) is 0. The molecule has 1 aromatic carbocycles. The predicted molar refractivity (Wildman–Crippen MR) is 75.1 cm³/mol. The number of likely N-dealkylation sites (N-methyl/N-ethyl adjacent to an activating group) is 1. The van der Waals surface area contributed by atoms with Crippen molar-refractivity contribution in [3.63, 3.8) is 0 Å². The van der Waals surface area contributed by atoms with Crippen LogP contribution >= 0.6 is 12.2 Å². The topological polar surface area (TPSA) is 32.5 Å². The molecular formula is C13H18FN3S. The van der Waals surface area contributed by atoms with Crippen LogP contribution in [-0.2, 0) is 6.54 Å². The molecule has 3 nitrogen and oxygen atoms in total. The van der Waals surface area contributed by atoms with Crippen molar-refractivity contribution in [1.29, 1.82) is 0 Å². The molecule has 0 aliphatic carbocycles. The molecule has 0 spiro atoms. The van der Waals surface area contributed by atoms with E-state index in [0.717, 1.165) is 38.3 Å². The maximum atomic E-state index is 13.2. The van der Waals surface area contributed by atoms with Crippen LogP contribution in [0.2, 0.25) is 0 Å². The van der Waals surface area contributed by atoms with Crippen LogP contribution in [0.3, 0.4) is 0 Å². The zero-order chi connectivity index (χ0) is 13.1. The van der Waals surface area contributed by atoms with E-state index in [1.54, 1.807) is 6.07 Å². The summed E-state index contributed by atoms with van der Waals surface area (Å²) in [6.07, 6.45) is 0. The lowest BCUT2D eigenvalue weighted by molar-refractivity contribution is 0.148. The van der Waals surface area contributed by atoms with E-state index < -0.39 is 0 Å². The predicted octanol–water partition coefficient (Wildman–Crippen LogP) is 1.21. The van der Waals surface area contributed by atoms with E-state index in [4.69, 9.17) is 18.0 Å². The highest BCUT2D eigenvalue weighted by Gasteiger charge is 2.16. The van der Waals surface area contributed by atoms with Gasteiger partial charge in [0, 0.05) is 38.3 Å². The molecule has 1 fully saturated rings. The summed E-state index contributed by atoms with van der Waals surface area (Å²) in [6.45, 7) is 4.93. The average molecular weight is 267 g/mol. The minimum Gasteiger partial charge on any atom is -0.389 e. The van der Waals surface area contributed by atoms with E-state index in [9.17, 15) is 4.39 Å². The minimum absolute atomic E-state index is 0.263. The Kier molecular flexibility index (Phi) is 4.27. The van der Waals surface area contributed by atoms with Crippen LogP contribution in [0.5, 0.6) is 0 Å². The summed E-state index contributed by atoms with van der Waals surface area (Å²) in [6, 6.07) is 4.67. The molecule has 1 aliphatic heterocycles. The molecule has 0 radical (unpaired) electrons. The van der Waals surface area contributed by atoms with Crippen LogP contribution in [0.4, 0.5) is 4.39 Å². The molecule has 0 amide bonds. The van der Waals surface area contributed by atoms with Crippen molar-refractivity contribution in [2.45, 2.75) is 6.54 Å². The molecule has 0 atom stereocenters. The van der Waals surface area contributed by atoms with Gasteiger partial charge < -0.3 is 10.6 Å². The van der Waals surface area contributed by atoms with E-state index >= 15 is 0 Å². The van der Waals surface area contributed by atoms with Gasteiger partial charge in [0.25, 0.3) is 0 Å². The molecule has 2 rings (SSSR count). The van der Waals surface area contributed by atoms with Gasteiger partial charge in [-0.05, 0) is 24.7 Å². The first-order chi connectivity index (χ1) is 8.56. The quantitative estimate of drug-likeness (QED) is 0.834. The van der Waals surface area contributed by atoms with Crippen LogP contribution in [0.15, 0.2) is 18.2 Å². The van der Waals surface area contributed by atoms with Crippen molar-refractivity contribution in [1.82, 2.24) is 9.80 Å². The lowest BCUT2D eigenvalue weighted by atomic mass is 10.1. The van der Waals surface area contributed by atoms with Crippen molar-refractivity contribution >= 4 is 17.2 Å². The van der Waals surface area contributed by atoms with Crippen molar-refractivity contribution < 1.29 is 4.39 Å². The maximum absolute atomic E-state index is 13.2. The number of nitrogens with two attached hydrogens (primary N) is 1. The lowest BCUT2D eigenvalue weighted by Crippen LogP contribution is -2.44. The average Bonchev–Trinajstić information content (AvgIpc) is 2.34. The molecule has 0 bridgehead atoms. The molecule has 0 saturated carbocycles. The highest BCUT2D eigenvalue weighted by molar-refractivity contribution is 7.80. The number of hydrogen-bond acceptors (Lipinski definition) is 3. The summed E-state index contributed by atoms with van der Waals surface area (Å²) in [5.41, 5.74) is 7.31. The summed E-state index contributed by atoms with van der Waals surface area (Å²) >= 11 is 4.98. The Morgan fingerprint density at radius 3 is 2.61 bits per heavy atom. The molecule has 1 saturated heterocycles. The van der Waals surface area contributed by atoms with Gasteiger partial charge in [0.05, 0.1) is 0 Å². The Balaban J connectivity index is 2.11. The highest BCUT2D eigenvalue weighted by atomic mass is 32.1. The third-order valence-electron chi connectivity index (χ3n) is 3.33. The van der Waals surface area contributed by atoms with E-state index in [0.29, 0.717) is 5.56 Å². The van der Waals surface area contributed by atoms with Gasteiger partial charge in [-0.1, -0.05) is 18.3 Å². The molecule has 0 aromatic heterocycles. The van der Waals surface area contributed by atoms with Gasteiger partial charge >= 0.3 is 0 Å². The Bertz CT molecular complexity index is 442. The van der Waals surface area contributed by atoms with Gasteiger partial charge in [-0.3, -0.25) is 4.90 Å². The SMILES string of the molecule is CN1CCN(Cc2ccc(F)cc2C(N)=S)CC1. The van der Waals surface area contributed by atoms with E-state index in [1.807, 2.05) is 0 Å². The normalized spacial score (nSPS) is 17.9. The number of benzene rings is 1. The van der Waals surface area contributed by atoms with Gasteiger partial charge in [-0.2, -0.15) is 0 Å². The number of thiocarbonyl (C=S) groups is 1. The van der Waals surface area contributed by atoms with Crippen LogP contribution < -0.4 is 5.73 Å². The molecule has 1 heterocycles. The second-order valence-corrected chi connectivity index (χ2v) is 5.18. The molecule has 18 heavy (non-hydrogen) atoms. The standard InChI is InChI=1S/C13H18FN3S/c1-16-4-6-17(7-5-16)9-10-2-3-11(14)8-12(10)13(15)18/h2-3,8H,4-7,9H2,1H3,(H2,15,18). The monoisotopic (exact) mass is 267 g/mol. The molecule has 5 heteroatoms. The Morgan fingerprint density at radius 1 is 1.33 bits per heavy atom. The zero-order valence-corrected chi connectivity index (χ0v) is 11.3. The summed E-state index contributed by atoms with van der Waals surface area (Å²) in [7, 11) is 2.12. The second kappa shape index (κ2) is 5.73. The Labute approximate surface area is 112 Å². The maximum Gasteiger partial charge on any atom is 0.123 e. The van der Waals surface area contributed by atoms with Gasteiger partial charge in [0.1, 0.15) is 10.8 Å². The summed E-state index contributed by atoms with van der Waals surface area (Å²) < 4.78 is 13.2. The lowest BCUT2D eigenvalue weighted by Gasteiger charge is -2.32. The number of piperazine rings is 1. The van der Waals surface area contributed by atoms with Crippen molar-refractivity contribution in [3.8, 4) is 0 Å². The largest absolute Gasteiger partial charge is 0.389 e. The summed E-state index contributed by atoms with van der Waals surface area (Å²) in [4.78, 5) is 4.91. The first-order valence-corrected chi connectivity index (χ1v) is 6.46. The Morgan fingerprint density at radius 2 is 2.00 bits per heavy atom. The first kappa shape index (κ1) is 13.4. The van der Waals surface area contributed by atoms with Crippen molar-refractivity contribution in [2.24, 2.45) is 5.73 Å². The number of rotatable bonds is 3. The molecule has 1 aromatic rings. The first-order valence-electron chi connectivity index (χ1n) is 6.05. The van der Waals surface area contributed by atoms with E-state index in [1.165, 1.54) is 12.1 Å². The van der Waals surface area contributed by atoms with Gasteiger partial charge in [0.2, 0.25) is 0 Å². The van der Waals surface area contributed by atoms with Crippen LogP contribution in [-0.4, -0.2) is 48.0 Å². The number of nitrogens with zero attached hydrogens (tertiary/aromatic N) is 2. The van der Waals surface area contributed by atoms with Crippen molar-refractivity contribution in [2.75, 3.05) is 33.2 Å². The minimum atomic E-state index is -0.292. The third kappa shape index (κ3) is 3.25. The van der Waals surface area contributed by atoms with E-state index in [2.05, 4.69) is 16.8 Å². The van der Waals surface area contributed by atoms with Crippen molar-refractivity contribution in [3.05, 3.63) is 35.1 Å². The fourth-order valence-corrected chi connectivity index (χ4v) is 2.35. The third-order valence-corrected chi connectivity index (χ3v) is 3.55. The molecule has 1 aliphatic rings. The fraction of sp³-hybridized carbons (Fsp3) is 0.462. The molecule has 98 valence electrons. The van der Waals surface area contributed by atoms with Crippen LogP contribution in [0.1, 0.15) is 11.1 Å². The molecule has 2 N–H and O–H groups in total. The Hall–Kier alpha value is -1.04. The highest BCUT2D eigenvalue weighted by Crippen LogP contribution is 2.15. The number of hydrogen-bond donors (Lipinski definition) is 1. The van der Waals surface area contributed by atoms with Gasteiger partial charge in [-0.25, -0.2) is 4.39 Å². The second-order valence-electron chi connectivity index (χ2n) is 4.75. The van der Waals surface area contributed by atoms with Gasteiger partial charge in [0.15, 0.2) is 0 Å². The van der Waals surface area contributed by atoms with Crippen LogP contribution in [0, 0.1) is 5.82 Å². The number of halogens is 1. The molecular weight excluding hydrogens is 249 g/mol. The molecule has 0 unspecified atom stereocenters. The van der Waals surface area contributed by atoms with Gasteiger partial charge in [-0.15, -0.1) is 0 Å². The zero-order valence-electron chi connectivity index (χ0n) is 10.5. The van der Waals surface area contributed by atoms with Crippen LogP contribution in [0.25, 0.3) is 0 Å². The fourth-order valence-electron chi connectivity index (χ4n) is 2.16. The summed E-state index contributed by atoms with van der Waals surface area (Å²) in [5.74, 6) is -0.292. The van der Waals surface area contributed by atoms with E-state index in [-0.39, 0.29) is 10.8 Å².